The molecule has 1 heterocycles. The van der Waals surface area contributed by atoms with E-state index in [2.05, 4.69) is 43.2 Å². The van der Waals surface area contributed by atoms with Crippen molar-refractivity contribution in [3.63, 3.8) is 0 Å². The minimum absolute atomic E-state index is 0.539. The second kappa shape index (κ2) is 4.01. The molecule has 0 saturated heterocycles. The second-order valence-corrected chi connectivity index (χ2v) is 7.13. The van der Waals surface area contributed by atoms with Crippen LogP contribution >= 0.6 is 43.2 Å². The fourth-order valence-corrected chi connectivity index (χ4v) is 4.57. The van der Waals surface area contributed by atoms with E-state index in [0.717, 1.165) is 5.92 Å². The molecule has 0 bridgehead atoms. The summed E-state index contributed by atoms with van der Waals surface area (Å²) >= 11 is 8.87. The van der Waals surface area contributed by atoms with Gasteiger partial charge in [0, 0.05) is 6.04 Å². The third kappa shape index (κ3) is 2.17. The van der Waals surface area contributed by atoms with Gasteiger partial charge in [0.25, 0.3) is 0 Å². The van der Waals surface area contributed by atoms with Crippen LogP contribution in [0.5, 0.6) is 0 Å². The Labute approximate surface area is 99.2 Å². The van der Waals surface area contributed by atoms with Crippen LogP contribution in [-0.2, 0) is 0 Å². The number of nitrogens with one attached hydrogen (secondary N) is 1. The Bertz CT molecular complexity index is 307. The molecule has 1 fully saturated rings. The van der Waals surface area contributed by atoms with Crippen molar-refractivity contribution in [2.24, 2.45) is 5.92 Å². The van der Waals surface area contributed by atoms with Crippen LogP contribution in [0.15, 0.2) is 13.6 Å². The third-order valence-corrected chi connectivity index (χ3v) is 4.81. The standard InChI is InChI=1S/C9H11Br2NS/c1-12-8(5-2-3-5)6-4-7(10)13-9(6)11/h4-5,8,12H,2-3H2,1H3. The number of rotatable bonds is 3. The molecule has 4 heteroatoms. The van der Waals surface area contributed by atoms with Crippen molar-refractivity contribution < 1.29 is 0 Å². The highest BCUT2D eigenvalue weighted by Crippen LogP contribution is 2.45. The fraction of sp³-hybridized carbons (Fsp3) is 0.556. The zero-order valence-corrected chi connectivity index (χ0v) is 11.3. The maximum atomic E-state index is 3.60. The molecule has 0 radical (unpaired) electrons. The molecule has 1 N–H and O–H groups in total. The summed E-state index contributed by atoms with van der Waals surface area (Å²) in [5.41, 5.74) is 1.40. The van der Waals surface area contributed by atoms with Crippen LogP contribution in [0, 0.1) is 5.92 Å². The summed E-state index contributed by atoms with van der Waals surface area (Å²) in [6.45, 7) is 0. The largest absolute Gasteiger partial charge is 0.313 e. The van der Waals surface area contributed by atoms with E-state index in [9.17, 15) is 0 Å². The Morgan fingerprint density at radius 3 is 2.62 bits per heavy atom. The molecule has 0 aromatic carbocycles. The number of hydrogen-bond acceptors (Lipinski definition) is 2. The monoisotopic (exact) mass is 323 g/mol. The SMILES string of the molecule is CNC(c1cc(Br)sc1Br)C1CC1. The van der Waals surface area contributed by atoms with Gasteiger partial charge in [-0.3, -0.25) is 0 Å². The van der Waals surface area contributed by atoms with Gasteiger partial charge in [-0.15, -0.1) is 11.3 Å². The Morgan fingerprint density at radius 2 is 2.23 bits per heavy atom. The highest BCUT2D eigenvalue weighted by molar-refractivity contribution is 9.12. The highest BCUT2D eigenvalue weighted by atomic mass is 79.9. The van der Waals surface area contributed by atoms with Gasteiger partial charge in [0.15, 0.2) is 0 Å². The van der Waals surface area contributed by atoms with Crippen LogP contribution in [-0.4, -0.2) is 7.05 Å². The van der Waals surface area contributed by atoms with Crippen molar-refractivity contribution in [3.05, 3.63) is 19.2 Å². The maximum absolute atomic E-state index is 3.60. The van der Waals surface area contributed by atoms with Crippen LogP contribution in [0.25, 0.3) is 0 Å². The van der Waals surface area contributed by atoms with E-state index in [1.165, 1.54) is 26.0 Å². The van der Waals surface area contributed by atoms with Gasteiger partial charge in [-0.05, 0) is 69.3 Å². The number of halogens is 2. The Kier molecular flexibility index (Phi) is 3.13. The van der Waals surface area contributed by atoms with E-state index in [1.54, 1.807) is 11.3 Å². The first-order chi connectivity index (χ1) is 6.22. The fourth-order valence-electron chi connectivity index (χ4n) is 1.64. The van der Waals surface area contributed by atoms with Crippen molar-refractivity contribution in [1.82, 2.24) is 5.32 Å². The second-order valence-electron chi connectivity index (χ2n) is 3.38. The first kappa shape index (κ1) is 10.1. The van der Waals surface area contributed by atoms with Gasteiger partial charge in [0.05, 0.1) is 7.57 Å². The number of thiophene rings is 1. The lowest BCUT2D eigenvalue weighted by atomic mass is 10.1. The highest BCUT2D eigenvalue weighted by Gasteiger charge is 2.32. The zero-order valence-electron chi connectivity index (χ0n) is 7.31. The molecule has 1 aromatic heterocycles. The smallest absolute Gasteiger partial charge is 0.0758 e. The third-order valence-electron chi connectivity index (χ3n) is 2.42. The van der Waals surface area contributed by atoms with Gasteiger partial charge < -0.3 is 5.32 Å². The molecule has 0 amide bonds. The average molecular weight is 325 g/mol. The van der Waals surface area contributed by atoms with E-state index >= 15 is 0 Å². The quantitative estimate of drug-likeness (QED) is 0.888. The molecular formula is C9H11Br2NS. The van der Waals surface area contributed by atoms with Gasteiger partial charge in [0.2, 0.25) is 0 Å². The summed E-state index contributed by atoms with van der Waals surface area (Å²) in [5, 5.41) is 3.39. The van der Waals surface area contributed by atoms with Gasteiger partial charge in [-0.2, -0.15) is 0 Å². The minimum Gasteiger partial charge on any atom is -0.313 e. The van der Waals surface area contributed by atoms with Crippen LogP contribution in [0.1, 0.15) is 24.4 Å². The van der Waals surface area contributed by atoms with Gasteiger partial charge >= 0.3 is 0 Å². The molecule has 1 aliphatic carbocycles. The zero-order chi connectivity index (χ0) is 9.42. The lowest BCUT2D eigenvalue weighted by molar-refractivity contribution is 0.528. The molecule has 1 saturated carbocycles. The first-order valence-corrected chi connectivity index (χ1v) is 6.74. The molecule has 1 nitrogen and oxygen atoms in total. The summed E-state index contributed by atoms with van der Waals surface area (Å²) in [6, 6.07) is 2.76. The predicted octanol–water partition coefficient (Wildman–Crippen LogP) is 3.94. The Morgan fingerprint density at radius 1 is 1.54 bits per heavy atom. The molecule has 1 atom stereocenters. The van der Waals surface area contributed by atoms with Crippen LogP contribution < -0.4 is 5.32 Å². The molecule has 0 aliphatic heterocycles. The summed E-state index contributed by atoms with van der Waals surface area (Å²) in [7, 11) is 2.04. The summed E-state index contributed by atoms with van der Waals surface area (Å²) in [4.78, 5) is 0. The predicted molar refractivity (Wildman–Crippen MR) is 64.2 cm³/mol. The summed E-state index contributed by atoms with van der Waals surface area (Å²) < 4.78 is 2.46. The summed E-state index contributed by atoms with van der Waals surface area (Å²) in [5.74, 6) is 0.850. The van der Waals surface area contributed by atoms with Gasteiger partial charge in [0.1, 0.15) is 0 Å². The van der Waals surface area contributed by atoms with Crippen molar-refractivity contribution in [3.8, 4) is 0 Å². The topological polar surface area (TPSA) is 12.0 Å². The van der Waals surface area contributed by atoms with E-state index in [1.807, 2.05) is 7.05 Å². The first-order valence-electron chi connectivity index (χ1n) is 4.34. The van der Waals surface area contributed by atoms with Crippen molar-refractivity contribution >= 4 is 43.2 Å². The Hall–Kier alpha value is 0.620. The van der Waals surface area contributed by atoms with Crippen molar-refractivity contribution in [1.29, 1.82) is 0 Å². The van der Waals surface area contributed by atoms with E-state index in [-0.39, 0.29) is 0 Å². The molecule has 0 spiro atoms. The molecule has 1 unspecified atom stereocenters. The molecule has 1 aliphatic rings. The number of hydrogen-bond donors (Lipinski definition) is 1. The molecule has 2 rings (SSSR count). The molecule has 72 valence electrons. The summed E-state index contributed by atoms with van der Waals surface area (Å²) in [6.07, 6.45) is 2.73. The lowest BCUT2D eigenvalue weighted by Gasteiger charge is -2.14. The van der Waals surface area contributed by atoms with Crippen molar-refractivity contribution in [2.45, 2.75) is 18.9 Å². The van der Waals surface area contributed by atoms with Gasteiger partial charge in [-0.1, -0.05) is 0 Å². The maximum Gasteiger partial charge on any atom is 0.0758 e. The average Bonchev–Trinajstić information content (AvgIpc) is 2.82. The van der Waals surface area contributed by atoms with E-state index in [4.69, 9.17) is 0 Å². The molecule has 13 heavy (non-hydrogen) atoms. The van der Waals surface area contributed by atoms with E-state index < -0.39 is 0 Å². The normalized spacial score (nSPS) is 19.0. The molecular weight excluding hydrogens is 314 g/mol. The van der Waals surface area contributed by atoms with Crippen LogP contribution in [0.4, 0.5) is 0 Å². The van der Waals surface area contributed by atoms with Gasteiger partial charge in [-0.25, -0.2) is 0 Å². The van der Waals surface area contributed by atoms with E-state index in [0.29, 0.717) is 6.04 Å². The van der Waals surface area contributed by atoms with Crippen LogP contribution in [0.3, 0.4) is 0 Å². The van der Waals surface area contributed by atoms with Crippen LogP contribution in [0.2, 0.25) is 0 Å². The Balaban J connectivity index is 2.25. The lowest BCUT2D eigenvalue weighted by Crippen LogP contribution is -2.17. The molecule has 1 aromatic rings. The van der Waals surface area contributed by atoms with Crippen molar-refractivity contribution in [2.75, 3.05) is 7.05 Å². The minimum atomic E-state index is 0.539.